The molecule has 20 heteroatoms. The average Bonchev–Trinajstić information content (AvgIpc) is 3.97. The van der Waals surface area contributed by atoms with Crippen molar-refractivity contribution in [2.45, 2.75) is 233 Å². The van der Waals surface area contributed by atoms with E-state index in [0.717, 1.165) is 64.2 Å². The molecule has 8 N–H and O–H groups in total. The number of nitrogens with zero attached hydrogens (tertiary/aromatic N) is 2. The molecule has 1 aromatic carbocycles. The van der Waals surface area contributed by atoms with Crippen LogP contribution in [0.4, 0.5) is 4.39 Å². The lowest BCUT2D eigenvalue weighted by Crippen LogP contribution is -2.65. The zero-order valence-corrected chi connectivity index (χ0v) is 52.0. The molecule has 462 valence electrons. The largest absolute Gasteiger partial charge is 0.353 e. The number of nitrogens with one attached hydrogen (secondary N) is 8. The van der Waals surface area contributed by atoms with E-state index in [0.29, 0.717) is 50.7 Å². The highest BCUT2D eigenvalue weighted by Gasteiger charge is 2.45. The molecule has 1 aromatic rings. The molecule has 4 rings (SSSR count). The van der Waals surface area contributed by atoms with Crippen molar-refractivity contribution in [1.29, 1.82) is 0 Å². The smallest absolute Gasteiger partial charge is 0.254 e. The summed E-state index contributed by atoms with van der Waals surface area (Å²) in [7, 11) is 3.75. The lowest BCUT2D eigenvalue weighted by atomic mass is 9.79. The molecule has 1 aliphatic heterocycles. The Bertz CT molecular complexity index is 2330. The van der Waals surface area contributed by atoms with Crippen LogP contribution in [0.3, 0.4) is 0 Å². The van der Waals surface area contributed by atoms with Gasteiger partial charge in [-0.2, -0.15) is 0 Å². The Labute approximate surface area is 488 Å². The molecule has 1 unspecified atom stereocenters. The molecular weight excluding hydrogens is 1050 g/mol. The van der Waals surface area contributed by atoms with Gasteiger partial charge in [0.25, 0.3) is 5.91 Å². The topological polar surface area (TPSA) is 256 Å². The molecule has 0 radical (unpaired) electrons. The summed E-state index contributed by atoms with van der Waals surface area (Å²) >= 11 is 0. The fourth-order valence-corrected chi connectivity index (χ4v) is 11.5. The lowest BCUT2D eigenvalue weighted by molar-refractivity contribution is -0.139. The quantitative estimate of drug-likeness (QED) is 0.0462. The van der Waals surface area contributed by atoms with Crippen LogP contribution < -0.4 is 42.5 Å². The number of carbonyl (C=O) groups excluding carboxylic acids is 9. The van der Waals surface area contributed by atoms with Gasteiger partial charge in [-0.15, -0.1) is 0 Å². The maximum atomic E-state index is 14.7. The predicted octanol–water partition coefficient (Wildman–Crippen LogP) is 6.04. The minimum atomic E-state index is -1.64. The van der Waals surface area contributed by atoms with Gasteiger partial charge in [0.05, 0.1) is 0 Å². The van der Waals surface area contributed by atoms with Crippen molar-refractivity contribution >= 4 is 53.2 Å². The zero-order chi connectivity index (χ0) is 61.3. The molecule has 6 atom stereocenters. The van der Waals surface area contributed by atoms with Crippen LogP contribution >= 0.6 is 0 Å². The molecule has 0 bridgehead atoms. The van der Waals surface area contributed by atoms with E-state index in [1.807, 2.05) is 60.5 Å². The van der Waals surface area contributed by atoms with Crippen LogP contribution in [-0.4, -0.2) is 144 Å². The first kappa shape index (κ1) is 68.8. The number of amides is 9. The van der Waals surface area contributed by atoms with E-state index in [2.05, 4.69) is 42.5 Å². The Balaban J connectivity index is 1.51. The number of benzene rings is 1. The van der Waals surface area contributed by atoms with Crippen LogP contribution in [0.1, 0.15) is 196 Å². The third-order valence-electron chi connectivity index (χ3n) is 16.4. The molecule has 1 saturated heterocycles. The first-order chi connectivity index (χ1) is 38.3. The number of likely N-dealkylation sites (tertiary alicyclic amines) is 1. The summed E-state index contributed by atoms with van der Waals surface area (Å²) in [6, 6.07) is -0.0360. The second-order valence-electron chi connectivity index (χ2n) is 26.9. The number of hydrogen-bond donors (Lipinski definition) is 8. The Morgan fingerprint density at radius 2 is 1.02 bits per heavy atom. The first-order valence-electron chi connectivity index (χ1n) is 30.5. The molecule has 2 aliphatic carbocycles. The van der Waals surface area contributed by atoms with Gasteiger partial charge < -0.3 is 52.3 Å². The van der Waals surface area contributed by atoms with Gasteiger partial charge >= 0.3 is 0 Å². The van der Waals surface area contributed by atoms with Gasteiger partial charge in [0.2, 0.25) is 47.3 Å². The van der Waals surface area contributed by atoms with Crippen LogP contribution in [0.25, 0.3) is 0 Å². The third kappa shape index (κ3) is 21.5. The van der Waals surface area contributed by atoms with Crippen molar-refractivity contribution in [3.63, 3.8) is 0 Å². The van der Waals surface area contributed by atoms with Gasteiger partial charge in [0, 0.05) is 25.2 Å². The monoisotopic (exact) mass is 1150 g/mol. The maximum Gasteiger partial charge on any atom is 0.254 e. The van der Waals surface area contributed by atoms with E-state index < -0.39 is 99.9 Å². The van der Waals surface area contributed by atoms with Crippen molar-refractivity contribution < 1.29 is 47.5 Å². The molecule has 2 saturated carbocycles. The van der Waals surface area contributed by atoms with Gasteiger partial charge in [-0.1, -0.05) is 106 Å². The van der Waals surface area contributed by atoms with E-state index in [4.69, 9.17) is 0 Å². The average molecular weight is 1150 g/mol. The normalized spacial score (nSPS) is 19.0. The van der Waals surface area contributed by atoms with Gasteiger partial charge in [-0.05, 0) is 154 Å². The van der Waals surface area contributed by atoms with E-state index in [9.17, 15) is 47.5 Å². The van der Waals surface area contributed by atoms with Crippen LogP contribution in [0.15, 0.2) is 24.3 Å². The van der Waals surface area contributed by atoms with Crippen LogP contribution in [-0.2, 0) is 38.4 Å². The highest BCUT2D eigenvalue weighted by molar-refractivity contribution is 6.01. The molecule has 3 aliphatic rings. The van der Waals surface area contributed by atoms with Crippen molar-refractivity contribution in [2.75, 3.05) is 33.7 Å². The zero-order valence-electron chi connectivity index (χ0n) is 52.0. The van der Waals surface area contributed by atoms with Crippen molar-refractivity contribution in [1.82, 2.24) is 52.3 Å². The van der Waals surface area contributed by atoms with Gasteiger partial charge in [0.1, 0.15) is 52.6 Å². The molecule has 9 amide bonds. The van der Waals surface area contributed by atoms with E-state index in [1.165, 1.54) is 52.0 Å². The van der Waals surface area contributed by atoms with Gasteiger partial charge in [0.15, 0.2) is 0 Å². The first-order valence-corrected chi connectivity index (χ1v) is 30.5. The number of hydrogen-bond acceptors (Lipinski definition) is 10. The van der Waals surface area contributed by atoms with Crippen LogP contribution in [0.2, 0.25) is 0 Å². The Hall–Kier alpha value is -5.66. The molecule has 0 spiro atoms. The molecule has 1 heterocycles. The minimum absolute atomic E-state index is 0.0802. The molecule has 3 fully saturated rings. The Morgan fingerprint density at radius 1 is 0.561 bits per heavy atom. The number of carbonyl (C=O) groups is 9. The molecule has 19 nitrogen and oxygen atoms in total. The van der Waals surface area contributed by atoms with Gasteiger partial charge in [-0.25, -0.2) is 4.39 Å². The number of halogens is 1. The Kier molecular flexibility index (Phi) is 26.3. The van der Waals surface area contributed by atoms with Crippen molar-refractivity contribution in [2.24, 2.45) is 35.5 Å². The fraction of sp³-hybridized carbons (Fsp3) is 0.758. The second-order valence-corrected chi connectivity index (χ2v) is 26.9. The summed E-state index contributed by atoms with van der Waals surface area (Å²) in [5, 5.41) is 22.7. The van der Waals surface area contributed by atoms with E-state index >= 15 is 0 Å². The highest BCUT2D eigenvalue weighted by atomic mass is 19.1. The molecular formula is C62H103FN10O9. The summed E-state index contributed by atoms with van der Waals surface area (Å²) in [4.78, 5) is 131. The number of rotatable bonds is 29. The van der Waals surface area contributed by atoms with E-state index in [-0.39, 0.29) is 54.4 Å². The summed E-state index contributed by atoms with van der Waals surface area (Å²) in [5.74, 6) is -5.07. The van der Waals surface area contributed by atoms with Gasteiger partial charge in [-0.3, -0.25) is 43.2 Å². The minimum Gasteiger partial charge on any atom is -0.353 e. The Morgan fingerprint density at radius 3 is 1.52 bits per heavy atom. The highest BCUT2D eigenvalue weighted by Crippen LogP contribution is 2.38. The maximum absolute atomic E-state index is 14.7. The van der Waals surface area contributed by atoms with Crippen LogP contribution in [0.5, 0.6) is 0 Å². The molecule has 0 aromatic heterocycles. The summed E-state index contributed by atoms with van der Waals surface area (Å²) < 4.78 is 14.0. The lowest BCUT2D eigenvalue weighted by Gasteiger charge is -2.34. The van der Waals surface area contributed by atoms with Crippen molar-refractivity contribution in [3.8, 4) is 0 Å². The summed E-state index contributed by atoms with van der Waals surface area (Å²) in [6.07, 6.45) is 12.6. The second kappa shape index (κ2) is 31.3. The van der Waals surface area contributed by atoms with E-state index in [1.54, 1.807) is 18.7 Å². The van der Waals surface area contributed by atoms with Crippen LogP contribution in [0, 0.1) is 41.3 Å². The SMILES string of the molecule is CC(C)C[C@H](NC(=O)[C@H](CCC1CCCCC1)NC(=O)[C@@H]1CC(C2CCCCC2)CN1C(=O)c1ccc(F)cc1)C(=O)NC(C)(C)C(=O)N[C@@H](CC(C)C)C(=O)N[C@@H](CC(C)C)C(=O)NC(C)(C)C(=O)NC(C)(C)C(=O)NCCN(C)C. The summed E-state index contributed by atoms with van der Waals surface area (Å²) in [5.41, 5.74) is -4.20. The molecule has 82 heavy (non-hydrogen) atoms. The van der Waals surface area contributed by atoms with Crippen molar-refractivity contribution in [3.05, 3.63) is 35.6 Å². The third-order valence-corrected chi connectivity index (χ3v) is 16.4. The number of likely N-dealkylation sites (N-methyl/N-ethyl adjacent to an activating group) is 1. The predicted molar refractivity (Wildman–Crippen MR) is 316 cm³/mol. The summed E-state index contributed by atoms with van der Waals surface area (Å²) in [6.45, 7) is 21.7. The standard InChI is InChI=1S/C62H103FN10O9/c1-38(2)33-47(52(75)67-49(35-40(5)6)54(77)70-62(11,12)59(82)71-60(7,8)57(80)64-31-32-72(13)14)68-58(81)61(9,10)69-53(76)48(34-39(3)4)66-51(74)46(30-25-41-21-17-15-18-22-41)65-55(78)50-36-44(42-23-19-16-20-24-42)37-73(50)56(79)43-26-28-45(63)29-27-43/h26-29,38-42,44,46-50H,15-25,30-37H2,1-14H3,(H,64,80)(H,65,78)(H,66,74)(H,67,75)(H,68,81)(H,69,76)(H,70,77)(H,71,82)/t44?,46-,47-,48-,49-,50-/m0/s1. The fourth-order valence-electron chi connectivity index (χ4n) is 11.5.